The largest absolute Gasteiger partial charge is 0.462 e. The van der Waals surface area contributed by atoms with Gasteiger partial charge in [-0.2, -0.15) is 0 Å². The van der Waals surface area contributed by atoms with Gasteiger partial charge in [0.1, 0.15) is 13.2 Å². The van der Waals surface area contributed by atoms with Gasteiger partial charge in [0.25, 0.3) is 0 Å². The fourth-order valence-electron chi connectivity index (χ4n) is 6.59. The molecule has 0 saturated carbocycles. The second-order valence-electron chi connectivity index (χ2n) is 15.6. The van der Waals surface area contributed by atoms with Crippen molar-refractivity contribution >= 4 is 17.9 Å². The lowest BCUT2D eigenvalue weighted by Crippen LogP contribution is -2.30. The van der Waals surface area contributed by atoms with Crippen molar-refractivity contribution in [2.45, 2.75) is 252 Å². The lowest BCUT2D eigenvalue weighted by Gasteiger charge is -2.18. The van der Waals surface area contributed by atoms with E-state index in [1.807, 2.05) is 0 Å². The van der Waals surface area contributed by atoms with E-state index in [-0.39, 0.29) is 31.1 Å². The summed E-state index contributed by atoms with van der Waals surface area (Å²) in [6.45, 7) is 8.88. The minimum atomic E-state index is -0.758. The van der Waals surface area contributed by atoms with E-state index >= 15 is 0 Å². The van der Waals surface area contributed by atoms with Crippen LogP contribution in [0.5, 0.6) is 0 Å². The van der Waals surface area contributed by atoms with Crippen LogP contribution in [-0.4, -0.2) is 37.2 Å². The molecule has 0 aromatic carbocycles. The monoisotopic (exact) mass is 723 g/mol. The number of esters is 3. The Balaban J connectivity index is 4.09. The van der Waals surface area contributed by atoms with E-state index in [9.17, 15) is 14.4 Å². The van der Waals surface area contributed by atoms with Crippen molar-refractivity contribution in [3.05, 3.63) is 0 Å². The molecule has 6 nitrogen and oxygen atoms in total. The maximum atomic E-state index is 12.5. The van der Waals surface area contributed by atoms with Gasteiger partial charge in [-0.1, -0.05) is 207 Å². The van der Waals surface area contributed by atoms with Gasteiger partial charge in [0.2, 0.25) is 0 Å². The Hall–Kier alpha value is -1.59. The molecule has 2 atom stereocenters. The Morgan fingerprint density at radius 2 is 0.686 bits per heavy atom. The van der Waals surface area contributed by atoms with Gasteiger partial charge in [-0.15, -0.1) is 0 Å². The van der Waals surface area contributed by atoms with Crippen LogP contribution in [-0.2, 0) is 28.6 Å². The molecular weight excluding hydrogens is 636 g/mol. The highest BCUT2D eigenvalue weighted by molar-refractivity contribution is 5.71. The molecule has 1 unspecified atom stereocenters. The van der Waals surface area contributed by atoms with Gasteiger partial charge in [-0.25, -0.2) is 0 Å². The van der Waals surface area contributed by atoms with Gasteiger partial charge in [0, 0.05) is 19.3 Å². The van der Waals surface area contributed by atoms with Gasteiger partial charge in [0.15, 0.2) is 6.10 Å². The van der Waals surface area contributed by atoms with E-state index in [2.05, 4.69) is 27.7 Å². The van der Waals surface area contributed by atoms with Crippen molar-refractivity contribution < 1.29 is 28.6 Å². The van der Waals surface area contributed by atoms with E-state index < -0.39 is 6.10 Å². The summed E-state index contributed by atoms with van der Waals surface area (Å²) >= 11 is 0. The third-order valence-electron chi connectivity index (χ3n) is 10.4. The van der Waals surface area contributed by atoms with Crippen LogP contribution < -0.4 is 0 Å². The van der Waals surface area contributed by atoms with Crippen LogP contribution in [0.4, 0.5) is 0 Å². The normalized spacial score (nSPS) is 12.5. The zero-order valence-corrected chi connectivity index (χ0v) is 34.6. The zero-order valence-electron chi connectivity index (χ0n) is 34.6. The molecule has 0 bridgehead atoms. The number of rotatable bonds is 40. The first-order valence-electron chi connectivity index (χ1n) is 22.4. The molecule has 0 aromatic rings. The van der Waals surface area contributed by atoms with Crippen molar-refractivity contribution in [2.24, 2.45) is 5.92 Å². The SMILES string of the molecule is CCCCCCCCCCCCCCCCCCCCC(=O)OC[C@H](COC(=O)CCCCCCCCC(C)CC)OC(=O)CCCCCCC. The average molecular weight is 723 g/mol. The number of carbonyl (C=O) groups is 3. The molecule has 0 fully saturated rings. The molecule has 0 N–H and O–H groups in total. The molecule has 0 aliphatic rings. The Bertz CT molecular complexity index is 768. The third kappa shape index (κ3) is 38.0. The average Bonchev–Trinajstić information content (AvgIpc) is 3.13. The molecule has 0 aliphatic heterocycles. The Morgan fingerprint density at radius 3 is 1.02 bits per heavy atom. The lowest BCUT2D eigenvalue weighted by atomic mass is 10.00. The quantitative estimate of drug-likeness (QED) is 0.0356. The van der Waals surface area contributed by atoms with Gasteiger partial charge in [-0.3, -0.25) is 14.4 Å². The van der Waals surface area contributed by atoms with Gasteiger partial charge < -0.3 is 14.2 Å². The number of hydrogen-bond donors (Lipinski definition) is 0. The standard InChI is InChI=1S/C45H86O6/c1-5-8-10-12-13-14-15-16-17-18-19-20-21-22-23-24-29-32-36-43(46)49-39-42(51-45(48)38-34-27-11-9-6-2)40-50-44(47)37-33-30-26-25-28-31-35-41(4)7-3/h41-42H,5-40H2,1-4H3/t41?,42-/m1/s1. The Morgan fingerprint density at radius 1 is 0.392 bits per heavy atom. The zero-order chi connectivity index (χ0) is 37.5. The van der Waals surface area contributed by atoms with Crippen LogP contribution in [0, 0.1) is 5.92 Å². The molecule has 51 heavy (non-hydrogen) atoms. The molecule has 0 heterocycles. The van der Waals surface area contributed by atoms with Crippen molar-refractivity contribution in [2.75, 3.05) is 13.2 Å². The number of unbranched alkanes of at least 4 members (excludes halogenated alkanes) is 26. The topological polar surface area (TPSA) is 78.9 Å². The predicted molar refractivity (Wildman–Crippen MR) is 215 cm³/mol. The molecule has 0 amide bonds. The van der Waals surface area contributed by atoms with Gasteiger partial charge in [-0.05, 0) is 25.2 Å². The van der Waals surface area contributed by atoms with Crippen LogP contribution in [0.3, 0.4) is 0 Å². The van der Waals surface area contributed by atoms with Crippen LogP contribution in [0.15, 0.2) is 0 Å². The van der Waals surface area contributed by atoms with E-state index in [1.54, 1.807) is 0 Å². The second-order valence-corrected chi connectivity index (χ2v) is 15.6. The molecule has 0 aromatic heterocycles. The predicted octanol–water partition coefficient (Wildman–Crippen LogP) is 13.9. The van der Waals surface area contributed by atoms with Gasteiger partial charge in [0.05, 0.1) is 0 Å². The number of carbonyl (C=O) groups excluding carboxylic acids is 3. The van der Waals surface area contributed by atoms with Crippen molar-refractivity contribution in [1.82, 2.24) is 0 Å². The van der Waals surface area contributed by atoms with Crippen LogP contribution in [0.1, 0.15) is 246 Å². The first-order valence-corrected chi connectivity index (χ1v) is 22.4. The van der Waals surface area contributed by atoms with Crippen molar-refractivity contribution in [3.63, 3.8) is 0 Å². The molecule has 0 aliphatic carbocycles. The van der Waals surface area contributed by atoms with E-state index in [1.165, 1.54) is 135 Å². The summed E-state index contributed by atoms with van der Waals surface area (Å²) < 4.78 is 16.6. The van der Waals surface area contributed by atoms with Crippen molar-refractivity contribution in [3.8, 4) is 0 Å². The minimum Gasteiger partial charge on any atom is -0.462 e. The van der Waals surface area contributed by atoms with Gasteiger partial charge >= 0.3 is 17.9 Å². The second kappa shape index (κ2) is 39.6. The first kappa shape index (κ1) is 49.4. The summed E-state index contributed by atoms with van der Waals surface area (Å²) in [5.41, 5.74) is 0. The number of hydrogen-bond acceptors (Lipinski definition) is 6. The molecule has 6 heteroatoms. The van der Waals surface area contributed by atoms with Crippen LogP contribution >= 0.6 is 0 Å². The van der Waals surface area contributed by atoms with Crippen LogP contribution in [0.25, 0.3) is 0 Å². The smallest absolute Gasteiger partial charge is 0.306 e. The molecule has 302 valence electrons. The highest BCUT2D eigenvalue weighted by Crippen LogP contribution is 2.17. The Kier molecular flexibility index (Phi) is 38.4. The highest BCUT2D eigenvalue weighted by Gasteiger charge is 2.19. The summed E-state index contributed by atoms with van der Waals surface area (Å²) in [6.07, 6.45) is 38.4. The number of ether oxygens (including phenoxy) is 3. The molecule has 0 saturated heterocycles. The van der Waals surface area contributed by atoms with Crippen LogP contribution in [0.2, 0.25) is 0 Å². The van der Waals surface area contributed by atoms with Crippen molar-refractivity contribution in [1.29, 1.82) is 0 Å². The molecule has 0 rings (SSSR count). The summed E-state index contributed by atoms with van der Waals surface area (Å²) in [5, 5.41) is 0. The summed E-state index contributed by atoms with van der Waals surface area (Å²) in [5.74, 6) is -0.0591. The first-order chi connectivity index (χ1) is 24.9. The van der Waals surface area contributed by atoms with E-state index in [4.69, 9.17) is 14.2 Å². The lowest BCUT2D eigenvalue weighted by molar-refractivity contribution is -0.167. The maximum Gasteiger partial charge on any atom is 0.306 e. The fourth-order valence-corrected chi connectivity index (χ4v) is 6.59. The highest BCUT2D eigenvalue weighted by atomic mass is 16.6. The fraction of sp³-hybridized carbons (Fsp3) is 0.933. The molecule has 0 spiro atoms. The summed E-state index contributed by atoms with van der Waals surface area (Å²) in [4.78, 5) is 37.4. The molecule has 0 radical (unpaired) electrons. The third-order valence-corrected chi connectivity index (χ3v) is 10.4. The summed E-state index contributed by atoms with van der Waals surface area (Å²) in [6, 6.07) is 0. The Labute approximate surface area is 317 Å². The maximum absolute atomic E-state index is 12.5. The molecular formula is C45H86O6. The van der Waals surface area contributed by atoms with E-state index in [0.717, 1.165) is 70.1 Å². The summed E-state index contributed by atoms with van der Waals surface area (Å²) in [7, 11) is 0. The minimum absolute atomic E-state index is 0.0661. The van der Waals surface area contributed by atoms with E-state index in [0.29, 0.717) is 19.3 Å².